The number of amides is 1. The molecule has 0 saturated carbocycles. The molecule has 0 spiro atoms. The number of pyridine rings is 1. The Bertz CT molecular complexity index is 842. The highest BCUT2D eigenvalue weighted by atomic mass is 127. The number of hydrogen-bond acceptors (Lipinski definition) is 5. The summed E-state index contributed by atoms with van der Waals surface area (Å²) in [6.45, 7) is 2.27. The molecule has 1 amide bonds. The Morgan fingerprint density at radius 1 is 1.56 bits per heavy atom. The Morgan fingerprint density at radius 2 is 2.28 bits per heavy atom. The first-order valence-corrected chi connectivity index (χ1v) is 9.73. The van der Waals surface area contributed by atoms with Crippen LogP contribution in [-0.4, -0.2) is 34.8 Å². The summed E-state index contributed by atoms with van der Waals surface area (Å²) in [4.78, 5) is 16.7. The lowest BCUT2D eigenvalue weighted by Gasteiger charge is -2.23. The highest BCUT2D eigenvalue weighted by Crippen LogP contribution is 2.27. The van der Waals surface area contributed by atoms with Crippen molar-refractivity contribution in [2.24, 2.45) is 0 Å². The molecule has 1 N–H and O–H groups in total. The molecule has 1 aromatic heterocycles. The zero-order valence-electron chi connectivity index (χ0n) is 14.0. The van der Waals surface area contributed by atoms with Gasteiger partial charge < -0.3 is 10.1 Å². The first-order chi connectivity index (χ1) is 11.8. The molecule has 0 bridgehead atoms. The first kappa shape index (κ1) is 19.7. The van der Waals surface area contributed by atoms with E-state index in [1.807, 2.05) is 19.1 Å². The summed E-state index contributed by atoms with van der Waals surface area (Å²) in [5, 5.41) is 12.3. The van der Waals surface area contributed by atoms with E-state index in [1.165, 1.54) is 18.7 Å². The third kappa shape index (κ3) is 4.73. The number of nitriles is 1. The lowest BCUT2D eigenvalue weighted by atomic mass is 10.1. The maximum atomic E-state index is 13.0. The van der Waals surface area contributed by atoms with Gasteiger partial charge in [0.2, 0.25) is 5.44 Å². The van der Waals surface area contributed by atoms with Crippen LogP contribution in [0.15, 0.2) is 24.4 Å². The summed E-state index contributed by atoms with van der Waals surface area (Å²) in [6, 6.07) is 7.35. The maximum absolute atomic E-state index is 13.0. The molecule has 2 unspecified atom stereocenters. The van der Waals surface area contributed by atoms with Crippen molar-refractivity contribution < 1.29 is 13.9 Å². The van der Waals surface area contributed by atoms with Gasteiger partial charge in [-0.3, -0.25) is 9.78 Å². The van der Waals surface area contributed by atoms with Crippen LogP contribution < -0.4 is 10.1 Å². The van der Waals surface area contributed by atoms with E-state index < -0.39 is 23.6 Å². The molecule has 2 rings (SSSR count). The van der Waals surface area contributed by atoms with Gasteiger partial charge in [0.15, 0.2) is 5.54 Å². The van der Waals surface area contributed by atoms with Gasteiger partial charge in [-0.15, -0.1) is 11.8 Å². The summed E-state index contributed by atoms with van der Waals surface area (Å²) in [5.41, 5.74) is -0.665. The second-order valence-electron chi connectivity index (χ2n) is 5.72. The number of benzene rings is 1. The molecule has 132 valence electrons. The Hall–Kier alpha value is -1.60. The molecule has 0 radical (unpaired) electrons. The van der Waals surface area contributed by atoms with Gasteiger partial charge in [-0.2, -0.15) is 5.26 Å². The number of rotatable bonds is 6. The molecule has 0 fully saturated rings. The number of nitrogens with one attached hydrogen (secondary N) is 1. The van der Waals surface area contributed by atoms with E-state index in [-0.39, 0.29) is 0 Å². The van der Waals surface area contributed by atoms with Gasteiger partial charge in [0.05, 0.1) is 11.6 Å². The number of aryl methyl sites for hydroxylation is 1. The van der Waals surface area contributed by atoms with Crippen LogP contribution in [0.4, 0.5) is 4.39 Å². The van der Waals surface area contributed by atoms with Gasteiger partial charge in [-0.05, 0) is 66.5 Å². The van der Waals surface area contributed by atoms with Crippen LogP contribution in [0.1, 0.15) is 12.5 Å². The number of alkyl halides is 1. The molecule has 0 saturated heterocycles. The zero-order chi connectivity index (χ0) is 18.6. The smallest absolute Gasteiger partial charge is 0.273 e. The number of fused-ring (bicyclic) bond motifs is 1. The summed E-state index contributed by atoms with van der Waals surface area (Å²) < 4.78 is 19.7. The standard InChI is InChI=1S/C17H17FIN3O2S/c1-10-4-13(6-11-5-12(19)7-21-14(10)11)24-16(25-3)15(23)22-17(2,8-18)9-20/h4-7,16H,8H2,1-3H3,(H,22,23). The molecular formula is C17H17FIN3O2S. The van der Waals surface area contributed by atoms with Crippen LogP contribution in [0.3, 0.4) is 0 Å². The fourth-order valence-electron chi connectivity index (χ4n) is 2.19. The molecule has 8 heteroatoms. The number of ether oxygens (including phenoxy) is 1. The molecular weight excluding hydrogens is 456 g/mol. The Morgan fingerprint density at radius 3 is 2.88 bits per heavy atom. The molecule has 1 heterocycles. The number of carbonyl (C=O) groups excluding carboxylic acids is 1. The van der Waals surface area contributed by atoms with Gasteiger partial charge in [0.25, 0.3) is 5.91 Å². The highest BCUT2D eigenvalue weighted by Gasteiger charge is 2.30. The fourth-order valence-corrected chi connectivity index (χ4v) is 3.15. The minimum absolute atomic E-state index is 0.516. The quantitative estimate of drug-likeness (QED) is 0.513. The number of carbonyl (C=O) groups is 1. The molecule has 0 aliphatic heterocycles. The minimum Gasteiger partial charge on any atom is -0.470 e. The highest BCUT2D eigenvalue weighted by molar-refractivity contribution is 14.1. The Kier molecular flexibility index (Phi) is 6.46. The second kappa shape index (κ2) is 8.19. The van der Waals surface area contributed by atoms with E-state index >= 15 is 0 Å². The number of nitrogens with zero attached hydrogens (tertiary/aromatic N) is 2. The molecule has 5 nitrogen and oxygen atoms in total. The van der Waals surface area contributed by atoms with Gasteiger partial charge in [-0.1, -0.05) is 0 Å². The predicted octanol–water partition coefficient (Wildman–Crippen LogP) is 3.58. The average molecular weight is 473 g/mol. The topological polar surface area (TPSA) is 75.0 Å². The van der Waals surface area contributed by atoms with Crippen LogP contribution in [0.25, 0.3) is 10.9 Å². The van der Waals surface area contributed by atoms with Crippen LogP contribution >= 0.6 is 34.4 Å². The second-order valence-corrected chi connectivity index (χ2v) is 7.86. The molecule has 25 heavy (non-hydrogen) atoms. The van der Waals surface area contributed by atoms with Crippen LogP contribution in [0.2, 0.25) is 0 Å². The van der Waals surface area contributed by atoms with Crippen molar-refractivity contribution >= 4 is 51.2 Å². The third-order valence-corrected chi connectivity index (χ3v) is 4.83. The van der Waals surface area contributed by atoms with Gasteiger partial charge >= 0.3 is 0 Å². The van der Waals surface area contributed by atoms with Crippen molar-refractivity contribution in [1.29, 1.82) is 5.26 Å². The molecule has 2 atom stereocenters. The largest absolute Gasteiger partial charge is 0.470 e. The minimum atomic E-state index is -1.56. The summed E-state index contributed by atoms with van der Waals surface area (Å²) in [6.07, 6.45) is 3.50. The van der Waals surface area contributed by atoms with E-state index in [2.05, 4.69) is 32.9 Å². The maximum Gasteiger partial charge on any atom is 0.273 e. The molecule has 0 aliphatic rings. The van der Waals surface area contributed by atoms with Crippen LogP contribution in [0, 0.1) is 21.8 Å². The fraction of sp³-hybridized carbons (Fsp3) is 0.353. The number of thioether (sulfide) groups is 1. The average Bonchev–Trinajstić information content (AvgIpc) is 2.58. The van der Waals surface area contributed by atoms with Crippen molar-refractivity contribution in [2.75, 3.05) is 12.9 Å². The SMILES string of the molecule is CSC(Oc1cc(C)c2ncc(I)cc2c1)C(=O)NC(C)(C#N)CF. The lowest BCUT2D eigenvalue weighted by molar-refractivity contribution is -0.125. The van der Waals surface area contributed by atoms with Crippen molar-refractivity contribution in [3.05, 3.63) is 33.5 Å². The van der Waals surface area contributed by atoms with E-state index in [9.17, 15) is 9.18 Å². The number of hydrogen-bond donors (Lipinski definition) is 1. The van der Waals surface area contributed by atoms with E-state index in [4.69, 9.17) is 10.00 Å². The normalized spacial score (nSPS) is 14.4. The van der Waals surface area contributed by atoms with E-state index in [0.717, 1.165) is 20.0 Å². The van der Waals surface area contributed by atoms with E-state index in [1.54, 1.807) is 24.6 Å². The van der Waals surface area contributed by atoms with E-state index in [0.29, 0.717) is 5.75 Å². The monoisotopic (exact) mass is 473 g/mol. The predicted molar refractivity (Wildman–Crippen MR) is 105 cm³/mol. The first-order valence-electron chi connectivity index (χ1n) is 7.36. The lowest BCUT2D eigenvalue weighted by Crippen LogP contribution is -2.50. The Balaban J connectivity index is 2.25. The number of halogens is 2. The van der Waals surface area contributed by atoms with Crippen LogP contribution in [-0.2, 0) is 4.79 Å². The van der Waals surface area contributed by atoms with Crippen LogP contribution in [0.5, 0.6) is 5.75 Å². The summed E-state index contributed by atoms with van der Waals surface area (Å²) in [7, 11) is 0. The van der Waals surface area contributed by atoms with Crippen molar-refractivity contribution in [3.63, 3.8) is 0 Å². The summed E-state index contributed by atoms with van der Waals surface area (Å²) >= 11 is 3.35. The van der Waals surface area contributed by atoms with Gasteiger partial charge in [-0.25, -0.2) is 4.39 Å². The summed E-state index contributed by atoms with van der Waals surface area (Å²) in [5.74, 6) is -0.0325. The zero-order valence-corrected chi connectivity index (χ0v) is 16.9. The third-order valence-electron chi connectivity index (χ3n) is 3.50. The van der Waals surface area contributed by atoms with Gasteiger partial charge in [0.1, 0.15) is 12.4 Å². The van der Waals surface area contributed by atoms with Crippen molar-refractivity contribution in [3.8, 4) is 11.8 Å². The molecule has 2 aromatic rings. The molecule has 1 aromatic carbocycles. The molecule has 0 aliphatic carbocycles. The number of aromatic nitrogens is 1. The van der Waals surface area contributed by atoms with Gasteiger partial charge in [0, 0.05) is 15.2 Å². The van der Waals surface area contributed by atoms with Crippen molar-refractivity contribution in [1.82, 2.24) is 10.3 Å². The van der Waals surface area contributed by atoms with Crippen molar-refractivity contribution in [2.45, 2.75) is 24.8 Å². The Labute approximate surface area is 163 Å².